The molecule has 5 heteroatoms. The van der Waals surface area contributed by atoms with Gasteiger partial charge in [0, 0.05) is 21.1 Å². The van der Waals surface area contributed by atoms with Crippen molar-refractivity contribution in [3.8, 4) is 11.4 Å². The number of rotatable bonds is 2. The molecule has 0 amide bonds. The van der Waals surface area contributed by atoms with Crippen molar-refractivity contribution in [2.24, 2.45) is 5.73 Å². The molecule has 0 unspecified atom stereocenters. The number of nitrogens with one attached hydrogen (secondary N) is 1. The molecule has 0 fully saturated rings. The van der Waals surface area contributed by atoms with Gasteiger partial charge >= 0.3 is 0 Å². The fraction of sp³-hybridized carbons (Fsp3) is 0.0714. The average molecular weight is 381 g/mol. The van der Waals surface area contributed by atoms with E-state index in [1.54, 1.807) is 0 Å². The van der Waals surface area contributed by atoms with Crippen LogP contribution in [0.3, 0.4) is 0 Å². The molecular formula is C14H11Br2N3. The molecule has 0 aliphatic carbocycles. The van der Waals surface area contributed by atoms with Crippen LogP contribution in [-0.2, 0) is 6.54 Å². The highest BCUT2D eigenvalue weighted by molar-refractivity contribution is 9.11. The largest absolute Gasteiger partial charge is 0.338 e. The number of nitrogens with two attached hydrogens (primary N) is 1. The molecule has 0 aliphatic rings. The van der Waals surface area contributed by atoms with Crippen molar-refractivity contribution in [3.05, 3.63) is 50.9 Å². The minimum atomic E-state index is 0.490. The normalized spacial score (nSPS) is 11.1. The van der Waals surface area contributed by atoms with Crippen LogP contribution in [0.2, 0.25) is 0 Å². The van der Waals surface area contributed by atoms with Crippen LogP contribution in [0, 0.1) is 0 Å². The maximum atomic E-state index is 5.74. The third-order valence-corrected chi connectivity index (χ3v) is 3.87. The lowest BCUT2D eigenvalue weighted by Crippen LogP contribution is -1.96. The predicted octanol–water partition coefficient (Wildman–Crippen LogP) is 4.21. The monoisotopic (exact) mass is 379 g/mol. The number of hydrogen-bond acceptors (Lipinski definition) is 2. The molecule has 0 atom stereocenters. The third-order valence-electron chi connectivity index (χ3n) is 2.95. The van der Waals surface area contributed by atoms with Gasteiger partial charge in [0.15, 0.2) is 0 Å². The summed E-state index contributed by atoms with van der Waals surface area (Å²) in [5.41, 5.74) is 9.77. The number of nitrogens with zero attached hydrogens (tertiary/aromatic N) is 1. The fourth-order valence-electron chi connectivity index (χ4n) is 2.08. The van der Waals surface area contributed by atoms with Gasteiger partial charge in [-0.1, -0.05) is 44.0 Å². The summed E-state index contributed by atoms with van der Waals surface area (Å²) >= 11 is 6.98. The topological polar surface area (TPSA) is 54.7 Å². The van der Waals surface area contributed by atoms with Crippen LogP contribution in [-0.4, -0.2) is 9.97 Å². The summed E-state index contributed by atoms with van der Waals surface area (Å²) in [7, 11) is 0. The fourth-order valence-corrected chi connectivity index (χ4v) is 3.38. The zero-order valence-electron chi connectivity index (χ0n) is 9.95. The lowest BCUT2D eigenvalue weighted by Gasteiger charge is -1.99. The van der Waals surface area contributed by atoms with Gasteiger partial charge < -0.3 is 10.7 Å². The minimum Gasteiger partial charge on any atom is -0.338 e. The molecule has 1 heterocycles. The van der Waals surface area contributed by atoms with Crippen molar-refractivity contribution in [3.63, 3.8) is 0 Å². The van der Waals surface area contributed by atoms with Crippen LogP contribution >= 0.6 is 31.9 Å². The molecule has 0 aliphatic heterocycles. The first-order chi connectivity index (χ1) is 9.17. The number of halogens is 2. The molecule has 2 aromatic carbocycles. The second-order valence-corrected chi connectivity index (χ2v) is 6.09. The van der Waals surface area contributed by atoms with Crippen LogP contribution < -0.4 is 5.73 Å². The van der Waals surface area contributed by atoms with E-state index in [1.165, 1.54) is 0 Å². The molecule has 3 rings (SSSR count). The summed E-state index contributed by atoms with van der Waals surface area (Å²) in [6.45, 7) is 0.490. The van der Waals surface area contributed by atoms with Gasteiger partial charge in [-0.3, -0.25) is 0 Å². The van der Waals surface area contributed by atoms with Gasteiger partial charge in [0.25, 0.3) is 0 Å². The standard InChI is InChI=1S/C14H11Br2N3/c15-10-4-9(5-11(16)6-10)14-18-12-3-1-2-8(7-17)13(12)19-14/h1-6H,7,17H2,(H,18,19). The minimum absolute atomic E-state index is 0.490. The highest BCUT2D eigenvalue weighted by Crippen LogP contribution is 2.28. The molecule has 0 spiro atoms. The average Bonchev–Trinajstić information content (AvgIpc) is 2.81. The van der Waals surface area contributed by atoms with E-state index in [0.29, 0.717) is 6.54 Å². The van der Waals surface area contributed by atoms with Crippen LogP contribution in [0.15, 0.2) is 45.3 Å². The Balaban J connectivity index is 2.20. The van der Waals surface area contributed by atoms with Gasteiger partial charge in [-0.15, -0.1) is 0 Å². The van der Waals surface area contributed by atoms with Crippen molar-refractivity contribution in [1.29, 1.82) is 0 Å². The number of benzene rings is 2. The first-order valence-corrected chi connectivity index (χ1v) is 7.40. The zero-order valence-corrected chi connectivity index (χ0v) is 13.1. The van der Waals surface area contributed by atoms with Crippen LogP contribution in [0.1, 0.15) is 5.56 Å². The molecule has 0 saturated heterocycles. The summed E-state index contributed by atoms with van der Waals surface area (Å²) in [6, 6.07) is 12.1. The second kappa shape index (κ2) is 5.07. The van der Waals surface area contributed by atoms with Gasteiger partial charge in [-0.2, -0.15) is 0 Å². The predicted molar refractivity (Wildman–Crippen MR) is 84.8 cm³/mol. The van der Waals surface area contributed by atoms with E-state index in [4.69, 9.17) is 5.73 Å². The Bertz CT molecular complexity index is 729. The number of hydrogen-bond donors (Lipinski definition) is 2. The van der Waals surface area contributed by atoms with Crippen LogP contribution in [0.25, 0.3) is 22.4 Å². The zero-order chi connectivity index (χ0) is 13.4. The van der Waals surface area contributed by atoms with Gasteiger partial charge in [0.1, 0.15) is 5.82 Å². The number of aromatic nitrogens is 2. The lowest BCUT2D eigenvalue weighted by atomic mass is 10.2. The van der Waals surface area contributed by atoms with Crippen molar-refractivity contribution < 1.29 is 0 Å². The maximum absolute atomic E-state index is 5.74. The van der Waals surface area contributed by atoms with Gasteiger partial charge in [0.2, 0.25) is 0 Å². The number of para-hydroxylation sites is 1. The number of fused-ring (bicyclic) bond motifs is 1. The van der Waals surface area contributed by atoms with E-state index in [0.717, 1.165) is 36.9 Å². The molecular weight excluding hydrogens is 370 g/mol. The van der Waals surface area contributed by atoms with Crippen molar-refractivity contribution in [1.82, 2.24) is 9.97 Å². The Hall–Kier alpha value is -1.17. The molecule has 3 N–H and O–H groups in total. The van der Waals surface area contributed by atoms with E-state index >= 15 is 0 Å². The molecule has 3 aromatic rings. The van der Waals surface area contributed by atoms with E-state index in [1.807, 2.05) is 36.4 Å². The smallest absolute Gasteiger partial charge is 0.138 e. The highest BCUT2D eigenvalue weighted by atomic mass is 79.9. The van der Waals surface area contributed by atoms with Crippen molar-refractivity contribution in [2.75, 3.05) is 0 Å². The SMILES string of the molecule is NCc1cccc2[nH]c(-c3cc(Br)cc(Br)c3)nc12. The van der Waals surface area contributed by atoms with Gasteiger partial charge in [0.05, 0.1) is 11.0 Å². The molecule has 0 saturated carbocycles. The molecule has 0 bridgehead atoms. The summed E-state index contributed by atoms with van der Waals surface area (Å²) in [5.74, 6) is 0.845. The quantitative estimate of drug-likeness (QED) is 0.699. The van der Waals surface area contributed by atoms with Crippen molar-refractivity contribution in [2.45, 2.75) is 6.54 Å². The summed E-state index contributed by atoms with van der Waals surface area (Å²) in [6.07, 6.45) is 0. The number of aromatic amines is 1. The van der Waals surface area contributed by atoms with Gasteiger partial charge in [-0.25, -0.2) is 4.98 Å². The second-order valence-electron chi connectivity index (χ2n) is 4.26. The Morgan fingerprint density at radius 3 is 2.53 bits per heavy atom. The first-order valence-electron chi connectivity index (χ1n) is 5.81. The summed E-state index contributed by atoms with van der Waals surface area (Å²) < 4.78 is 2.02. The lowest BCUT2D eigenvalue weighted by molar-refractivity contribution is 1.08. The summed E-state index contributed by atoms with van der Waals surface area (Å²) in [5, 5.41) is 0. The Morgan fingerprint density at radius 1 is 1.11 bits per heavy atom. The molecule has 0 radical (unpaired) electrons. The number of H-pyrrole nitrogens is 1. The Kier molecular flexibility index (Phi) is 3.43. The number of imidazole rings is 1. The van der Waals surface area contributed by atoms with E-state index < -0.39 is 0 Å². The van der Waals surface area contributed by atoms with Gasteiger partial charge in [-0.05, 0) is 29.8 Å². The van der Waals surface area contributed by atoms with Crippen LogP contribution in [0.4, 0.5) is 0 Å². The Morgan fingerprint density at radius 2 is 1.84 bits per heavy atom. The Labute approximate surface area is 127 Å². The summed E-state index contributed by atoms with van der Waals surface area (Å²) in [4.78, 5) is 7.99. The molecule has 1 aromatic heterocycles. The van der Waals surface area contributed by atoms with E-state index in [2.05, 4.69) is 41.8 Å². The molecule has 19 heavy (non-hydrogen) atoms. The third kappa shape index (κ3) is 2.45. The first kappa shape index (κ1) is 12.8. The maximum Gasteiger partial charge on any atom is 0.138 e. The molecule has 96 valence electrons. The highest BCUT2D eigenvalue weighted by Gasteiger charge is 2.09. The van der Waals surface area contributed by atoms with E-state index in [9.17, 15) is 0 Å². The van der Waals surface area contributed by atoms with E-state index in [-0.39, 0.29) is 0 Å². The van der Waals surface area contributed by atoms with Crippen molar-refractivity contribution >= 4 is 42.9 Å². The van der Waals surface area contributed by atoms with Crippen LogP contribution in [0.5, 0.6) is 0 Å². The molecule has 3 nitrogen and oxygen atoms in total.